The molecule has 3 N–H and O–H groups in total. The molecule has 10 nitrogen and oxygen atoms in total. The van der Waals surface area contributed by atoms with Crippen LogP contribution in [0, 0.1) is 0 Å². The van der Waals surface area contributed by atoms with Crippen molar-refractivity contribution in [3.8, 4) is 22.5 Å². The quantitative estimate of drug-likeness (QED) is 0.257. The molecule has 0 fully saturated rings. The van der Waals surface area contributed by atoms with Crippen molar-refractivity contribution < 1.29 is 0 Å². The maximum absolute atomic E-state index is 13.6. The lowest BCUT2D eigenvalue weighted by molar-refractivity contribution is 0.658. The minimum absolute atomic E-state index is 0.152. The lowest BCUT2D eigenvalue weighted by atomic mass is 9.98. The van der Waals surface area contributed by atoms with E-state index in [0.29, 0.717) is 36.5 Å². The van der Waals surface area contributed by atoms with Gasteiger partial charge >= 0.3 is 0 Å². The van der Waals surface area contributed by atoms with Crippen molar-refractivity contribution in [3.05, 3.63) is 82.2 Å². The monoisotopic (exact) mass is 509 g/mol. The molecule has 0 radical (unpaired) electrons. The molecule has 5 aromatic rings. The molecule has 194 valence electrons. The first-order chi connectivity index (χ1) is 18.7. The van der Waals surface area contributed by atoms with E-state index < -0.39 is 0 Å². The van der Waals surface area contributed by atoms with Gasteiger partial charge in [-0.2, -0.15) is 5.21 Å². The summed E-state index contributed by atoms with van der Waals surface area (Å²) in [6.07, 6.45) is 7.05. The molecule has 0 aliphatic heterocycles. The Morgan fingerprint density at radius 2 is 1.76 bits per heavy atom. The molecular weight excluding hydrogens is 478 g/mol. The van der Waals surface area contributed by atoms with Gasteiger partial charge in [-0.1, -0.05) is 61.9 Å². The number of unbranched alkanes of at least 4 members (excludes halogenated alkanes) is 2. The fourth-order valence-corrected chi connectivity index (χ4v) is 4.58. The van der Waals surface area contributed by atoms with E-state index in [0.717, 1.165) is 65.9 Å². The molecule has 0 aliphatic rings. The zero-order valence-electron chi connectivity index (χ0n) is 21.5. The first kappa shape index (κ1) is 25.3. The van der Waals surface area contributed by atoms with Gasteiger partial charge in [0.2, 0.25) is 5.82 Å². The van der Waals surface area contributed by atoms with Gasteiger partial charge in [0.05, 0.1) is 18.4 Å². The summed E-state index contributed by atoms with van der Waals surface area (Å²) in [6, 6.07) is 16.1. The van der Waals surface area contributed by atoms with Crippen molar-refractivity contribution in [1.29, 1.82) is 0 Å². The van der Waals surface area contributed by atoms with Crippen LogP contribution in [0.4, 0.5) is 0 Å². The van der Waals surface area contributed by atoms with Crippen LogP contribution < -0.4 is 11.3 Å². The summed E-state index contributed by atoms with van der Waals surface area (Å²) in [4.78, 5) is 27.5. The topological polar surface area (TPSA) is 141 Å². The molecule has 0 saturated carbocycles. The lowest BCUT2D eigenvalue weighted by Gasteiger charge is -2.14. The zero-order valence-corrected chi connectivity index (χ0v) is 21.5. The van der Waals surface area contributed by atoms with Gasteiger partial charge in [0, 0.05) is 12.0 Å². The zero-order chi connectivity index (χ0) is 26.3. The Balaban J connectivity index is 1.44. The van der Waals surface area contributed by atoms with Crippen molar-refractivity contribution in [2.75, 3.05) is 6.54 Å². The number of nitrogens with one attached hydrogen (secondary N) is 1. The average Bonchev–Trinajstić information content (AvgIpc) is 3.49. The fourth-order valence-electron chi connectivity index (χ4n) is 4.58. The van der Waals surface area contributed by atoms with E-state index in [-0.39, 0.29) is 5.56 Å². The predicted molar refractivity (Wildman–Crippen MR) is 146 cm³/mol. The summed E-state index contributed by atoms with van der Waals surface area (Å²) in [5.74, 6) is 1.27. The van der Waals surface area contributed by atoms with E-state index in [4.69, 9.17) is 10.7 Å². The summed E-state index contributed by atoms with van der Waals surface area (Å²) in [6.45, 7) is 3.17. The van der Waals surface area contributed by atoms with E-state index in [1.54, 1.807) is 10.8 Å². The molecule has 0 amide bonds. The number of rotatable bonds is 11. The van der Waals surface area contributed by atoms with Crippen LogP contribution in [-0.2, 0) is 19.4 Å². The average molecular weight is 510 g/mol. The molecule has 0 spiro atoms. The van der Waals surface area contributed by atoms with Crippen LogP contribution in [0.1, 0.15) is 49.7 Å². The molecule has 3 heterocycles. The Bertz CT molecular complexity index is 1560. The Morgan fingerprint density at radius 3 is 2.50 bits per heavy atom. The first-order valence-corrected chi connectivity index (χ1v) is 13.1. The van der Waals surface area contributed by atoms with Crippen molar-refractivity contribution >= 4 is 11.2 Å². The molecule has 2 aromatic carbocycles. The van der Waals surface area contributed by atoms with Crippen LogP contribution in [-0.4, -0.2) is 46.7 Å². The number of hydrogen-bond donors (Lipinski definition) is 2. The second-order valence-corrected chi connectivity index (χ2v) is 9.28. The van der Waals surface area contributed by atoms with Crippen LogP contribution in [0.3, 0.4) is 0 Å². The number of hydrogen-bond acceptors (Lipinski definition) is 8. The van der Waals surface area contributed by atoms with E-state index in [1.807, 2.05) is 48.5 Å². The number of nitrogens with zero attached hydrogens (tertiary/aromatic N) is 7. The minimum Gasteiger partial charge on any atom is -0.330 e. The van der Waals surface area contributed by atoms with Gasteiger partial charge < -0.3 is 5.73 Å². The van der Waals surface area contributed by atoms with E-state index in [1.165, 1.54) is 0 Å². The Morgan fingerprint density at radius 1 is 0.947 bits per heavy atom. The number of H-pyrrole nitrogens is 1. The van der Waals surface area contributed by atoms with E-state index in [2.05, 4.69) is 37.5 Å². The third kappa shape index (κ3) is 5.50. The van der Waals surface area contributed by atoms with Crippen LogP contribution in [0.2, 0.25) is 0 Å². The van der Waals surface area contributed by atoms with Crippen molar-refractivity contribution in [1.82, 2.24) is 40.1 Å². The summed E-state index contributed by atoms with van der Waals surface area (Å²) in [5, 5.41) is 14.5. The van der Waals surface area contributed by atoms with Gasteiger partial charge in [0.25, 0.3) is 5.56 Å². The maximum Gasteiger partial charge on any atom is 0.282 e. The Labute approximate surface area is 220 Å². The summed E-state index contributed by atoms with van der Waals surface area (Å²) >= 11 is 0. The molecular formula is C28H31N9O. The second-order valence-electron chi connectivity index (χ2n) is 9.28. The highest BCUT2D eigenvalue weighted by Crippen LogP contribution is 2.29. The largest absolute Gasteiger partial charge is 0.330 e. The lowest BCUT2D eigenvalue weighted by Crippen LogP contribution is -2.27. The fraction of sp³-hybridized carbons (Fsp3) is 0.321. The molecule has 0 saturated heterocycles. The van der Waals surface area contributed by atoms with Gasteiger partial charge in [-0.3, -0.25) is 9.36 Å². The number of fused-ring (bicyclic) bond motifs is 1. The second kappa shape index (κ2) is 11.8. The molecule has 0 unspecified atom stereocenters. The third-order valence-electron chi connectivity index (χ3n) is 6.53. The number of aromatic amines is 1. The molecule has 5 rings (SSSR count). The van der Waals surface area contributed by atoms with Gasteiger partial charge in [0.1, 0.15) is 5.82 Å². The molecule has 0 aliphatic carbocycles. The number of nitrogens with two attached hydrogens (primary N) is 1. The normalized spacial score (nSPS) is 11.3. The Hall–Kier alpha value is -4.31. The van der Waals surface area contributed by atoms with Crippen molar-refractivity contribution in [2.45, 2.75) is 52.0 Å². The number of aryl methyl sites for hydroxylation is 2. The standard InChI is InChI=1S/C28H31N9O/c1-2-8-24-32-27-25(31-21(17-30-27)9-4-3-7-16-29)28(38)37(24)18-19-12-14-20(15-13-19)22-10-5-6-11-23(22)26-33-35-36-34-26/h5-6,10-15,17H,2-4,7-9,16,18,29H2,1H3,(H,33,34,35,36). The van der Waals surface area contributed by atoms with E-state index >= 15 is 0 Å². The van der Waals surface area contributed by atoms with Crippen LogP contribution >= 0.6 is 0 Å². The van der Waals surface area contributed by atoms with Crippen LogP contribution in [0.5, 0.6) is 0 Å². The minimum atomic E-state index is -0.152. The molecule has 0 bridgehead atoms. The van der Waals surface area contributed by atoms with Crippen LogP contribution in [0.25, 0.3) is 33.7 Å². The number of tetrazole rings is 1. The molecule has 3 aromatic heterocycles. The van der Waals surface area contributed by atoms with Gasteiger partial charge in [0.15, 0.2) is 11.2 Å². The van der Waals surface area contributed by atoms with E-state index in [9.17, 15) is 4.79 Å². The molecule has 38 heavy (non-hydrogen) atoms. The summed E-state index contributed by atoms with van der Waals surface area (Å²) in [5.41, 5.74) is 10.9. The number of aromatic nitrogens is 8. The third-order valence-corrected chi connectivity index (χ3v) is 6.53. The first-order valence-electron chi connectivity index (χ1n) is 13.1. The van der Waals surface area contributed by atoms with Crippen molar-refractivity contribution in [3.63, 3.8) is 0 Å². The highest BCUT2D eigenvalue weighted by atomic mass is 16.1. The van der Waals surface area contributed by atoms with Crippen molar-refractivity contribution in [2.24, 2.45) is 5.73 Å². The highest BCUT2D eigenvalue weighted by Gasteiger charge is 2.15. The number of benzene rings is 2. The highest BCUT2D eigenvalue weighted by molar-refractivity contribution is 5.80. The summed E-state index contributed by atoms with van der Waals surface area (Å²) < 4.78 is 1.74. The van der Waals surface area contributed by atoms with Gasteiger partial charge in [-0.15, -0.1) is 10.2 Å². The predicted octanol–water partition coefficient (Wildman–Crippen LogP) is 3.71. The van der Waals surface area contributed by atoms with Gasteiger partial charge in [-0.25, -0.2) is 15.0 Å². The SMILES string of the molecule is CCCc1nc2ncc(CCCCCN)nc2c(=O)n1Cc1ccc(-c2ccccc2-c2nn[nH]n2)cc1. The maximum atomic E-state index is 13.6. The molecule has 10 heteroatoms. The smallest absolute Gasteiger partial charge is 0.282 e. The molecule has 0 atom stereocenters. The van der Waals surface area contributed by atoms with Gasteiger partial charge in [-0.05, 0) is 54.1 Å². The summed E-state index contributed by atoms with van der Waals surface area (Å²) in [7, 11) is 0. The van der Waals surface area contributed by atoms with Crippen LogP contribution in [0.15, 0.2) is 59.5 Å². The Kier molecular flexibility index (Phi) is 7.89.